The van der Waals surface area contributed by atoms with E-state index >= 15 is 0 Å². The minimum absolute atomic E-state index is 0.0578. The van der Waals surface area contributed by atoms with Crippen molar-refractivity contribution in [3.8, 4) is 17.2 Å². The maximum Gasteiger partial charge on any atom is 0.269 e. The lowest BCUT2D eigenvalue weighted by Crippen LogP contribution is -2.48. The second-order valence-corrected chi connectivity index (χ2v) is 8.71. The quantitative estimate of drug-likeness (QED) is 0.160. The molecule has 0 radical (unpaired) electrons. The molecule has 0 aliphatic heterocycles. The van der Waals surface area contributed by atoms with Crippen LogP contribution in [-0.4, -0.2) is 36.7 Å². The Balaban J connectivity index is 1.41. The number of para-hydroxylation sites is 2. The predicted molar refractivity (Wildman–Crippen MR) is 151 cm³/mol. The van der Waals surface area contributed by atoms with Crippen LogP contribution in [0.25, 0.3) is 0 Å². The fourth-order valence-electron chi connectivity index (χ4n) is 3.42. The maximum atomic E-state index is 12.8. The number of rotatable bonds is 13. The zero-order valence-corrected chi connectivity index (χ0v) is 22.2. The molecule has 0 fully saturated rings. The summed E-state index contributed by atoms with van der Waals surface area (Å²) in [6.07, 6.45) is 4.52. The van der Waals surface area contributed by atoms with Gasteiger partial charge in [-0.2, -0.15) is 0 Å². The zero-order valence-electron chi connectivity index (χ0n) is 21.4. The first-order valence-corrected chi connectivity index (χ1v) is 13.0. The second kappa shape index (κ2) is 15.9. The van der Waals surface area contributed by atoms with Crippen LogP contribution in [0.5, 0.6) is 17.2 Å². The van der Waals surface area contributed by atoms with Crippen molar-refractivity contribution in [3.05, 3.63) is 90.0 Å². The van der Waals surface area contributed by atoms with Crippen LogP contribution in [0.1, 0.15) is 53.3 Å². The van der Waals surface area contributed by atoms with Gasteiger partial charge in [-0.1, -0.05) is 56.5 Å². The molecule has 2 amide bonds. The Kier molecular flexibility index (Phi) is 11.9. The fraction of sp³-hybridized carbons (Fsp3) is 0.276. The van der Waals surface area contributed by atoms with Crippen molar-refractivity contribution in [3.63, 3.8) is 0 Å². The lowest BCUT2D eigenvalue weighted by atomic mass is 10.2. The molecule has 0 bridgehead atoms. The van der Waals surface area contributed by atoms with E-state index < -0.39 is 11.8 Å². The van der Waals surface area contributed by atoms with E-state index in [0.29, 0.717) is 35.8 Å². The van der Waals surface area contributed by atoms with E-state index in [1.54, 1.807) is 48.5 Å². The summed E-state index contributed by atoms with van der Waals surface area (Å²) in [4.78, 5) is 25.2. The number of hydrazine groups is 1. The van der Waals surface area contributed by atoms with Crippen LogP contribution < -0.4 is 30.4 Å². The molecule has 0 atom stereocenters. The number of carbonyl (C=O) groups is 2. The molecule has 0 aliphatic rings. The van der Waals surface area contributed by atoms with E-state index in [9.17, 15) is 9.59 Å². The van der Waals surface area contributed by atoms with Gasteiger partial charge in [0.2, 0.25) is 0 Å². The van der Waals surface area contributed by atoms with E-state index in [1.165, 1.54) is 12.8 Å². The Morgan fingerprint density at radius 2 is 1.34 bits per heavy atom. The molecule has 3 rings (SSSR count). The minimum atomic E-state index is -0.475. The summed E-state index contributed by atoms with van der Waals surface area (Å²) in [5, 5.41) is 2.48. The summed E-state index contributed by atoms with van der Waals surface area (Å²) in [6.45, 7) is 3.38. The van der Waals surface area contributed by atoms with Crippen LogP contribution in [-0.2, 0) is 0 Å². The molecule has 8 nitrogen and oxygen atoms in total. The van der Waals surface area contributed by atoms with Gasteiger partial charge >= 0.3 is 0 Å². The maximum absolute atomic E-state index is 12.8. The molecule has 3 N–H and O–H groups in total. The standard InChI is InChI=1S/C29H33N3O5S/c1-2-3-4-10-19-35-24-17-15-22(16-18-24)27(33)31-32-29(38)30-28(34)25-13-8-9-14-26(25)37-21-20-36-23-11-6-5-7-12-23/h5-9,11-18H,2-4,10,19-21H2,1H3,(H,31,33)(H2,30,32,34,38). The summed E-state index contributed by atoms with van der Waals surface area (Å²) < 4.78 is 17.1. The SMILES string of the molecule is CCCCCCOc1ccc(C(=O)NNC(=S)NC(=O)c2ccccc2OCCOc2ccccc2)cc1. The topological polar surface area (TPSA) is 97.9 Å². The molecule has 3 aromatic carbocycles. The number of hydrogen-bond donors (Lipinski definition) is 3. The highest BCUT2D eigenvalue weighted by Crippen LogP contribution is 2.18. The summed E-state index contributed by atoms with van der Waals surface area (Å²) >= 11 is 5.16. The van der Waals surface area contributed by atoms with Crippen molar-refractivity contribution < 1.29 is 23.8 Å². The largest absolute Gasteiger partial charge is 0.494 e. The third kappa shape index (κ3) is 9.74. The first-order chi connectivity index (χ1) is 18.6. The molecule has 38 heavy (non-hydrogen) atoms. The van der Waals surface area contributed by atoms with Gasteiger partial charge in [0, 0.05) is 5.56 Å². The van der Waals surface area contributed by atoms with Gasteiger partial charge in [-0.25, -0.2) is 0 Å². The highest BCUT2D eigenvalue weighted by molar-refractivity contribution is 7.80. The lowest BCUT2D eigenvalue weighted by molar-refractivity contribution is 0.0933. The molecule has 0 unspecified atom stereocenters. The molecule has 0 spiro atoms. The van der Waals surface area contributed by atoms with Crippen molar-refractivity contribution in [2.45, 2.75) is 32.6 Å². The Morgan fingerprint density at radius 1 is 0.684 bits per heavy atom. The number of benzene rings is 3. The molecule has 0 aliphatic carbocycles. The van der Waals surface area contributed by atoms with Gasteiger partial charge in [0.15, 0.2) is 5.11 Å². The van der Waals surface area contributed by atoms with Crippen molar-refractivity contribution in [1.29, 1.82) is 0 Å². The minimum Gasteiger partial charge on any atom is -0.494 e. The van der Waals surface area contributed by atoms with Gasteiger partial charge in [0.25, 0.3) is 11.8 Å². The molecular weight excluding hydrogens is 502 g/mol. The molecule has 0 heterocycles. The Hall–Kier alpha value is -4.11. The first kappa shape index (κ1) is 28.5. The van der Waals surface area contributed by atoms with Gasteiger partial charge in [0.1, 0.15) is 30.5 Å². The van der Waals surface area contributed by atoms with Gasteiger partial charge in [-0.05, 0) is 67.2 Å². The van der Waals surface area contributed by atoms with Gasteiger partial charge < -0.3 is 14.2 Å². The molecule has 9 heteroatoms. The zero-order chi connectivity index (χ0) is 27.0. The van der Waals surface area contributed by atoms with Crippen LogP contribution in [0.4, 0.5) is 0 Å². The third-order valence-electron chi connectivity index (χ3n) is 5.38. The lowest BCUT2D eigenvalue weighted by Gasteiger charge is -2.14. The number of hydrogen-bond acceptors (Lipinski definition) is 6. The van der Waals surface area contributed by atoms with E-state index in [2.05, 4.69) is 23.1 Å². The van der Waals surface area contributed by atoms with Crippen LogP contribution in [0, 0.1) is 0 Å². The van der Waals surface area contributed by atoms with Crippen LogP contribution in [0.3, 0.4) is 0 Å². The molecule has 0 saturated carbocycles. The smallest absolute Gasteiger partial charge is 0.269 e. The van der Waals surface area contributed by atoms with Crippen molar-refractivity contribution in [2.75, 3.05) is 19.8 Å². The second-order valence-electron chi connectivity index (χ2n) is 8.30. The summed E-state index contributed by atoms with van der Waals surface area (Å²) in [6, 6.07) is 23.0. The van der Waals surface area contributed by atoms with Crippen molar-refractivity contribution >= 4 is 29.1 Å². The predicted octanol–water partition coefficient (Wildman–Crippen LogP) is 5.05. The Bertz CT molecular complexity index is 1170. The van der Waals surface area contributed by atoms with Crippen LogP contribution in [0.2, 0.25) is 0 Å². The first-order valence-electron chi connectivity index (χ1n) is 12.6. The molecule has 3 aromatic rings. The number of thiocarbonyl (C=S) groups is 1. The normalized spacial score (nSPS) is 10.2. The Morgan fingerprint density at radius 3 is 2.11 bits per heavy atom. The molecule has 200 valence electrons. The summed E-state index contributed by atoms with van der Waals surface area (Å²) in [5.41, 5.74) is 5.74. The average molecular weight is 536 g/mol. The number of unbranched alkanes of at least 4 members (excludes halogenated alkanes) is 3. The highest BCUT2D eigenvalue weighted by atomic mass is 32.1. The van der Waals surface area contributed by atoms with Crippen LogP contribution in [0.15, 0.2) is 78.9 Å². The van der Waals surface area contributed by atoms with Gasteiger partial charge in [0.05, 0.1) is 12.2 Å². The van der Waals surface area contributed by atoms with Gasteiger partial charge in [-0.3, -0.25) is 25.8 Å². The number of ether oxygens (including phenoxy) is 3. The van der Waals surface area contributed by atoms with Gasteiger partial charge in [-0.15, -0.1) is 0 Å². The number of amides is 2. The molecule has 0 aromatic heterocycles. The van der Waals surface area contributed by atoms with E-state index in [1.807, 2.05) is 30.3 Å². The monoisotopic (exact) mass is 535 g/mol. The molecule has 0 saturated heterocycles. The van der Waals surface area contributed by atoms with Crippen molar-refractivity contribution in [2.24, 2.45) is 0 Å². The third-order valence-corrected chi connectivity index (χ3v) is 5.59. The van der Waals surface area contributed by atoms with Crippen LogP contribution >= 0.6 is 12.2 Å². The molecular formula is C29H33N3O5S. The fourth-order valence-corrected chi connectivity index (χ4v) is 3.56. The van der Waals surface area contributed by atoms with Crippen molar-refractivity contribution in [1.82, 2.24) is 16.2 Å². The van der Waals surface area contributed by atoms with E-state index in [-0.39, 0.29) is 11.7 Å². The average Bonchev–Trinajstić information content (AvgIpc) is 2.95. The Labute approximate surface area is 228 Å². The summed E-state index contributed by atoms with van der Waals surface area (Å²) in [7, 11) is 0. The highest BCUT2D eigenvalue weighted by Gasteiger charge is 2.14. The summed E-state index contributed by atoms with van der Waals surface area (Å²) in [5.74, 6) is 0.958. The number of carbonyl (C=O) groups excluding carboxylic acids is 2. The van der Waals surface area contributed by atoms with E-state index in [0.717, 1.165) is 18.6 Å². The number of nitrogens with one attached hydrogen (secondary N) is 3. The van der Waals surface area contributed by atoms with E-state index in [4.69, 9.17) is 26.4 Å².